The predicted octanol–water partition coefficient (Wildman–Crippen LogP) is 2.80. The van der Waals surface area contributed by atoms with Crippen LogP contribution in [0.3, 0.4) is 0 Å². The highest BCUT2D eigenvalue weighted by atomic mass is 32.2. The van der Waals surface area contributed by atoms with Crippen molar-refractivity contribution in [3.05, 3.63) is 23.8 Å². The molecule has 0 saturated heterocycles. The van der Waals surface area contributed by atoms with Crippen LogP contribution in [-0.2, 0) is 0 Å². The average Bonchev–Trinajstić information content (AvgIpc) is 2.35. The Morgan fingerprint density at radius 3 is 2.88 bits per heavy atom. The lowest BCUT2D eigenvalue weighted by Crippen LogP contribution is -2.20. The highest BCUT2D eigenvalue weighted by Crippen LogP contribution is 2.28. The second-order valence-electron chi connectivity index (χ2n) is 3.95. The van der Waals surface area contributed by atoms with Crippen molar-refractivity contribution in [3.63, 3.8) is 0 Å². The summed E-state index contributed by atoms with van der Waals surface area (Å²) in [5.74, 6) is 1.89. The molecule has 1 atom stereocenters. The van der Waals surface area contributed by atoms with Crippen LogP contribution in [-0.4, -0.2) is 30.8 Å². The summed E-state index contributed by atoms with van der Waals surface area (Å²) in [6.07, 6.45) is 3.29. The lowest BCUT2D eigenvalue weighted by atomic mass is 10.1. The maximum atomic E-state index is 9.51. The minimum atomic E-state index is 0.186. The van der Waals surface area contributed by atoms with Crippen molar-refractivity contribution in [3.8, 4) is 11.5 Å². The minimum absolute atomic E-state index is 0.186. The molecule has 2 N–H and O–H groups in total. The number of benzene rings is 1. The number of aromatic hydroxyl groups is 1. The van der Waals surface area contributed by atoms with Gasteiger partial charge in [-0.15, -0.1) is 0 Å². The first-order chi connectivity index (χ1) is 8.19. The topological polar surface area (TPSA) is 41.5 Å². The first kappa shape index (κ1) is 14.2. The summed E-state index contributed by atoms with van der Waals surface area (Å²) in [5.41, 5.74) is 1.13. The molecule has 3 nitrogen and oxygen atoms in total. The van der Waals surface area contributed by atoms with Gasteiger partial charge >= 0.3 is 0 Å². The molecule has 0 aromatic heterocycles. The van der Waals surface area contributed by atoms with E-state index in [0.717, 1.165) is 12.1 Å². The molecule has 1 aromatic carbocycles. The molecule has 0 aliphatic carbocycles. The monoisotopic (exact) mass is 255 g/mol. The number of ether oxygens (including phenoxy) is 1. The number of hydrogen-bond acceptors (Lipinski definition) is 4. The number of nitrogens with one attached hydrogen (secondary N) is 1. The maximum absolute atomic E-state index is 9.51. The quantitative estimate of drug-likeness (QED) is 0.735. The molecule has 0 aliphatic rings. The van der Waals surface area contributed by atoms with Gasteiger partial charge in [-0.2, -0.15) is 11.8 Å². The van der Waals surface area contributed by atoms with Crippen LogP contribution in [0.2, 0.25) is 0 Å². The summed E-state index contributed by atoms with van der Waals surface area (Å²) in [7, 11) is 1.56. The Labute approximate surface area is 108 Å². The molecule has 1 aromatic rings. The summed E-state index contributed by atoms with van der Waals surface area (Å²) >= 11 is 1.86. The molecule has 96 valence electrons. The summed E-state index contributed by atoms with van der Waals surface area (Å²) in [6, 6.07) is 5.74. The predicted molar refractivity (Wildman–Crippen MR) is 74.1 cm³/mol. The van der Waals surface area contributed by atoms with Crippen molar-refractivity contribution in [1.82, 2.24) is 5.32 Å². The summed E-state index contributed by atoms with van der Waals surface area (Å²) < 4.78 is 5.10. The highest BCUT2D eigenvalue weighted by Gasteiger charge is 2.08. The molecule has 0 bridgehead atoms. The van der Waals surface area contributed by atoms with E-state index in [1.807, 2.05) is 23.9 Å². The summed E-state index contributed by atoms with van der Waals surface area (Å²) in [5, 5.41) is 13.0. The zero-order chi connectivity index (χ0) is 12.7. The van der Waals surface area contributed by atoms with Gasteiger partial charge in [0, 0.05) is 6.04 Å². The van der Waals surface area contributed by atoms with Gasteiger partial charge in [0.25, 0.3) is 0 Å². The second kappa shape index (κ2) is 7.45. The van der Waals surface area contributed by atoms with Gasteiger partial charge in [0.05, 0.1) is 7.11 Å². The van der Waals surface area contributed by atoms with Crippen LogP contribution in [0, 0.1) is 0 Å². The van der Waals surface area contributed by atoms with Gasteiger partial charge in [0.15, 0.2) is 11.5 Å². The van der Waals surface area contributed by atoms with Crippen LogP contribution in [0.15, 0.2) is 18.2 Å². The number of methoxy groups -OCH3 is 1. The van der Waals surface area contributed by atoms with E-state index in [-0.39, 0.29) is 11.8 Å². The standard InChI is InChI=1S/C13H21NO2S/c1-10(14-7-4-8-17-3)11-5-6-12(15)13(9-11)16-2/h5-6,9-10,14-15H,4,7-8H2,1-3H3. The molecule has 0 amide bonds. The Balaban J connectivity index is 2.53. The van der Waals surface area contributed by atoms with Gasteiger partial charge in [-0.05, 0) is 49.6 Å². The van der Waals surface area contributed by atoms with Gasteiger partial charge in [0.2, 0.25) is 0 Å². The number of rotatable bonds is 7. The SMILES string of the molecule is COc1cc(C(C)NCCCSC)ccc1O. The number of phenolic OH excluding ortho intramolecular Hbond substituents is 1. The van der Waals surface area contributed by atoms with Gasteiger partial charge in [0.1, 0.15) is 0 Å². The lowest BCUT2D eigenvalue weighted by Gasteiger charge is -2.15. The van der Waals surface area contributed by atoms with Gasteiger partial charge in [-0.1, -0.05) is 6.07 Å². The lowest BCUT2D eigenvalue weighted by molar-refractivity contribution is 0.372. The normalized spacial score (nSPS) is 12.4. The van der Waals surface area contributed by atoms with Crippen molar-refractivity contribution < 1.29 is 9.84 Å². The smallest absolute Gasteiger partial charge is 0.160 e. The number of phenols is 1. The van der Waals surface area contributed by atoms with Crippen LogP contribution in [0.25, 0.3) is 0 Å². The zero-order valence-corrected chi connectivity index (χ0v) is 11.5. The van der Waals surface area contributed by atoms with Gasteiger partial charge in [-0.25, -0.2) is 0 Å². The summed E-state index contributed by atoms with van der Waals surface area (Å²) in [6.45, 7) is 3.12. The van der Waals surface area contributed by atoms with Crippen LogP contribution in [0.4, 0.5) is 0 Å². The molecule has 1 rings (SSSR count). The van der Waals surface area contributed by atoms with Crippen LogP contribution < -0.4 is 10.1 Å². The third kappa shape index (κ3) is 4.48. The fourth-order valence-electron chi connectivity index (χ4n) is 1.62. The van der Waals surface area contributed by atoms with Crippen LogP contribution in [0.1, 0.15) is 24.9 Å². The van der Waals surface area contributed by atoms with Crippen molar-refractivity contribution >= 4 is 11.8 Å². The van der Waals surface area contributed by atoms with E-state index in [1.54, 1.807) is 13.2 Å². The van der Waals surface area contributed by atoms with E-state index in [2.05, 4.69) is 18.5 Å². The van der Waals surface area contributed by atoms with Gasteiger partial charge in [-0.3, -0.25) is 0 Å². The molecule has 0 saturated carbocycles. The van der Waals surface area contributed by atoms with Crippen molar-refractivity contribution in [2.45, 2.75) is 19.4 Å². The Kier molecular flexibility index (Phi) is 6.22. The molecular formula is C13H21NO2S. The van der Waals surface area contributed by atoms with E-state index in [9.17, 15) is 5.11 Å². The average molecular weight is 255 g/mol. The molecule has 17 heavy (non-hydrogen) atoms. The Morgan fingerprint density at radius 1 is 1.47 bits per heavy atom. The fourth-order valence-corrected chi connectivity index (χ4v) is 2.05. The van der Waals surface area contributed by atoms with E-state index >= 15 is 0 Å². The Hall–Kier alpha value is -0.870. The summed E-state index contributed by atoms with van der Waals surface area (Å²) in [4.78, 5) is 0. The van der Waals surface area contributed by atoms with E-state index in [0.29, 0.717) is 5.75 Å². The molecule has 0 spiro atoms. The molecule has 0 aliphatic heterocycles. The van der Waals surface area contributed by atoms with E-state index in [1.165, 1.54) is 12.2 Å². The Bertz CT molecular complexity index is 344. The van der Waals surface area contributed by atoms with Crippen LogP contribution >= 0.6 is 11.8 Å². The van der Waals surface area contributed by atoms with Gasteiger partial charge < -0.3 is 15.2 Å². The molecular weight excluding hydrogens is 234 g/mol. The Morgan fingerprint density at radius 2 is 2.24 bits per heavy atom. The molecule has 1 unspecified atom stereocenters. The van der Waals surface area contributed by atoms with Crippen molar-refractivity contribution in [2.24, 2.45) is 0 Å². The minimum Gasteiger partial charge on any atom is -0.504 e. The highest BCUT2D eigenvalue weighted by molar-refractivity contribution is 7.98. The fraction of sp³-hybridized carbons (Fsp3) is 0.538. The second-order valence-corrected chi connectivity index (χ2v) is 4.94. The first-order valence-electron chi connectivity index (χ1n) is 5.78. The number of hydrogen-bond donors (Lipinski definition) is 2. The zero-order valence-electron chi connectivity index (χ0n) is 10.7. The first-order valence-corrected chi connectivity index (χ1v) is 7.17. The molecule has 0 radical (unpaired) electrons. The molecule has 0 heterocycles. The molecule has 0 fully saturated rings. The van der Waals surface area contributed by atoms with E-state index < -0.39 is 0 Å². The van der Waals surface area contributed by atoms with Crippen molar-refractivity contribution in [1.29, 1.82) is 0 Å². The van der Waals surface area contributed by atoms with Crippen molar-refractivity contribution in [2.75, 3.05) is 25.7 Å². The third-order valence-corrected chi connectivity index (χ3v) is 3.38. The number of thioether (sulfide) groups is 1. The molecule has 4 heteroatoms. The largest absolute Gasteiger partial charge is 0.504 e. The third-order valence-electron chi connectivity index (χ3n) is 2.68. The van der Waals surface area contributed by atoms with Crippen LogP contribution in [0.5, 0.6) is 11.5 Å². The van der Waals surface area contributed by atoms with E-state index in [4.69, 9.17) is 4.74 Å². The maximum Gasteiger partial charge on any atom is 0.160 e.